The zero-order valence-electron chi connectivity index (χ0n) is 24.1. The van der Waals surface area contributed by atoms with Gasteiger partial charge in [-0.3, -0.25) is 4.79 Å². The summed E-state index contributed by atoms with van der Waals surface area (Å²) >= 11 is 0. The van der Waals surface area contributed by atoms with Gasteiger partial charge in [0, 0.05) is 28.1 Å². The van der Waals surface area contributed by atoms with E-state index in [4.69, 9.17) is 9.47 Å². The van der Waals surface area contributed by atoms with Crippen LogP contribution in [0.3, 0.4) is 0 Å². The van der Waals surface area contributed by atoms with Crippen molar-refractivity contribution < 1.29 is 18.7 Å². The van der Waals surface area contributed by atoms with Gasteiger partial charge >= 0.3 is 0 Å². The Morgan fingerprint density at radius 3 is 2.42 bits per heavy atom. The molecule has 0 aliphatic rings. The fourth-order valence-electron chi connectivity index (χ4n) is 4.85. The molecular formula is C36H32FN3O3. The zero-order valence-corrected chi connectivity index (χ0v) is 24.1. The minimum absolute atomic E-state index is 0.0485. The molecule has 43 heavy (non-hydrogen) atoms. The summed E-state index contributed by atoms with van der Waals surface area (Å²) in [7, 11) is 1.54. The summed E-state index contributed by atoms with van der Waals surface area (Å²) in [6.45, 7) is 5.94. The van der Waals surface area contributed by atoms with Crippen LogP contribution < -0.4 is 14.9 Å². The molecule has 0 bridgehead atoms. The molecule has 0 aliphatic heterocycles. The van der Waals surface area contributed by atoms with Crippen molar-refractivity contribution in [1.29, 1.82) is 0 Å². The van der Waals surface area contributed by atoms with Crippen molar-refractivity contribution in [1.82, 2.24) is 9.99 Å². The van der Waals surface area contributed by atoms with Gasteiger partial charge in [-0.05, 0) is 79.1 Å². The van der Waals surface area contributed by atoms with Crippen molar-refractivity contribution >= 4 is 12.1 Å². The van der Waals surface area contributed by atoms with Gasteiger partial charge in [0.05, 0.1) is 19.0 Å². The lowest BCUT2D eigenvalue weighted by Crippen LogP contribution is -2.17. The minimum atomic E-state index is -0.336. The highest BCUT2D eigenvalue weighted by Crippen LogP contribution is 2.34. The molecule has 5 aromatic rings. The summed E-state index contributed by atoms with van der Waals surface area (Å²) in [4.78, 5) is 12.9. The van der Waals surface area contributed by atoms with E-state index in [0.717, 1.165) is 28.2 Å². The maximum absolute atomic E-state index is 14.1. The third-order valence-electron chi connectivity index (χ3n) is 6.98. The lowest BCUT2D eigenvalue weighted by atomic mass is 10.1. The lowest BCUT2D eigenvalue weighted by molar-refractivity contribution is 0.0955. The Morgan fingerprint density at radius 1 is 0.953 bits per heavy atom. The Balaban J connectivity index is 1.29. The highest BCUT2D eigenvalue weighted by molar-refractivity contribution is 5.95. The normalized spacial score (nSPS) is 11.0. The van der Waals surface area contributed by atoms with E-state index in [9.17, 15) is 9.18 Å². The molecule has 5 rings (SSSR count). The second-order valence-electron chi connectivity index (χ2n) is 9.89. The number of carbonyl (C=O) groups is 1. The molecule has 1 amide bonds. The van der Waals surface area contributed by atoms with Crippen molar-refractivity contribution in [3.05, 3.63) is 150 Å². The standard InChI is InChI=1S/C36H32FN3O3/c1-4-10-29-21-26(22-34(42-3)35(29)43-24-30-13-8-9-14-32(30)37)23-38-39-36(41)28-16-18-31(19-17-28)40-25(2)15-20-33(40)27-11-6-5-7-12-27/h4-9,11-23H,1,10,24H2,2-3H3,(H,39,41)/b38-23+. The van der Waals surface area contributed by atoms with E-state index in [1.165, 1.54) is 19.4 Å². The molecule has 0 fully saturated rings. The molecule has 0 radical (unpaired) electrons. The Morgan fingerprint density at radius 2 is 1.70 bits per heavy atom. The number of aromatic nitrogens is 1. The van der Waals surface area contributed by atoms with E-state index in [1.807, 2.05) is 36.4 Å². The van der Waals surface area contributed by atoms with Gasteiger partial charge in [0.1, 0.15) is 12.4 Å². The quantitative estimate of drug-likeness (QED) is 0.100. The first-order chi connectivity index (χ1) is 21.0. The van der Waals surface area contributed by atoms with Crippen molar-refractivity contribution in [2.24, 2.45) is 5.10 Å². The number of allylic oxidation sites excluding steroid dienone is 1. The van der Waals surface area contributed by atoms with E-state index in [-0.39, 0.29) is 18.3 Å². The molecule has 4 aromatic carbocycles. The van der Waals surface area contributed by atoms with Crippen LogP contribution in [-0.2, 0) is 13.0 Å². The number of methoxy groups -OCH3 is 1. The molecule has 7 heteroatoms. The van der Waals surface area contributed by atoms with Crippen molar-refractivity contribution in [2.75, 3.05) is 7.11 Å². The Hall–Kier alpha value is -5.43. The Labute approximate surface area is 250 Å². The fourth-order valence-corrected chi connectivity index (χ4v) is 4.85. The van der Waals surface area contributed by atoms with Crippen LogP contribution in [0.4, 0.5) is 4.39 Å². The van der Waals surface area contributed by atoms with Crippen LogP contribution >= 0.6 is 0 Å². The molecule has 216 valence electrons. The first-order valence-corrected chi connectivity index (χ1v) is 13.8. The van der Waals surface area contributed by atoms with Gasteiger partial charge in [-0.25, -0.2) is 9.82 Å². The number of amides is 1. The fraction of sp³-hybridized carbons (Fsp3) is 0.111. The summed E-state index contributed by atoms with van der Waals surface area (Å²) in [6, 6.07) is 31.8. The minimum Gasteiger partial charge on any atom is -0.493 e. The Bertz CT molecular complexity index is 1760. The lowest BCUT2D eigenvalue weighted by Gasteiger charge is -2.16. The number of nitrogens with zero attached hydrogens (tertiary/aromatic N) is 2. The van der Waals surface area contributed by atoms with Gasteiger partial charge in [-0.15, -0.1) is 6.58 Å². The first-order valence-electron chi connectivity index (χ1n) is 13.8. The average Bonchev–Trinajstić information content (AvgIpc) is 3.42. The highest BCUT2D eigenvalue weighted by atomic mass is 19.1. The van der Waals surface area contributed by atoms with Gasteiger partial charge < -0.3 is 14.0 Å². The van der Waals surface area contributed by atoms with Crippen LogP contribution in [0.5, 0.6) is 11.5 Å². The van der Waals surface area contributed by atoms with Gasteiger partial charge in [-0.2, -0.15) is 5.10 Å². The van der Waals surface area contributed by atoms with Crippen LogP contribution in [0.2, 0.25) is 0 Å². The third-order valence-corrected chi connectivity index (χ3v) is 6.98. The first kappa shape index (κ1) is 29.1. The van der Waals surface area contributed by atoms with E-state index in [1.54, 1.807) is 42.5 Å². The number of hydrogen-bond acceptors (Lipinski definition) is 4. The smallest absolute Gasteiger partial charge is 0.271 e. The maximum Gasteiger partial charge on any atom is 0.271 e. The summed E-state index contributed by atoms with van der Waals surface area (Å²) in [5.74, 6) is 0.297. The topological polar surface area (TPSA) is 64.9 Å². The van der Waals surface area contributed by atoms with Gasteiger partial charge in [-0.1, -0.05) is 54.6 Å². The van der Waals surface area contributed by atoms with E-state index < -0.39 is 0 Å². The van der Waals surface area contributed by atoms with Crippen molar-refractivity contribution in [3.8, 4) is 28.4 Å². The van der Waals surface area contributed by atoms with Crippen LogP contribution in [0.25, 0.3) is 16.9 Å². The Kier molecular flexibility index (Phi) is 9.12. The molecule has 0 atom stereocenters. The number of halogens is 1. The molecule has 0 saturated heterocycles. The SMILES string of the molecule is C=CCc1cc(/C=N/NC(=O)c2ccc(-n3c(C)ccc3-c3ccccc3)cc2)cc(OC)c1OCc1ccccc1F. The maximum atomic E-state index is 14.1. The summed E-state index contributed by atoms with van der Waals surface area (Å²) in [5.41, 5.74) is 9.25. The number of hydrogen-bond donors (Lipinski definition) is 1. The van der Waals surface area contributed by atoms with Crippen LogP contribution in [0.15, 0.2) is 121 Å². The summed E-state index contributed by atoms with van der Waals surface area (Å²) < 4.78 is 27.8. The molecule has 6 nitrogen and oxygen atoms in total. The number of aryl methyl sites for hydroxylation is 1. The number of hydrazone groups is 1. The molecular weight excluding hydrogens is 541 g/mol. The van der Waals surface area contributed by atoms with E-state index in [0.29, 0.717) is 34.6 Å². The number of nitrogens with one attached hydrogen (secondary N) is 1. The predicted octanol–water partition coefficient (Wildman–Crippen LogP) is 7.67. The highest BCUT2D eigenvalue weighted by Gasteiger charge is 2.14. The molecule has 0 spiro atoms. The molecule has 0 aliphatic carbocycles. The van der Waals surface area contributed by atoms with E-state index >= 15 is 0 Å². The van der Waals surface area contributed by atoms with Crippen molar-refractivity contribution in [2.45, 2.75) is 20.0 Å². The predicted molar refractivity (Wildman–Crippen MR) is 169 cm³/mol. The molecule has 0 saturated carbocycles. The average molecular weight is 574 g/mol. The second-order valence-corrected chi connectivity index (χ2v) is 9.89. The number of benzene rings is 4. The van der Waals surface area contributed by atoms with Crippen LogP contribution in [0.1, 0.15) is 32.7 Å². The molecule has 1 aromatic heterocycles. The number of rotatable bonds is 11. The van der Waals surface area contributed by atoms with Crippen LogP contribution in [0, 0.1) is 12.7 Å². The van der Waals surface area contributed by atoms with Crippen LogP contribution in [-0.4, -0.2) is 23.8 Å². The number of ether oxygens (including phenoxy) is 2. The van der Waals surface area contributed by atoms with Gasteiger partial charge in [0.25, 0.3) is 5.91 Å². The second kappa shape index (κ2) is 13.5. The molecule has 1 N–H and O–H groups in total. The van der Waals surface area contributed by atoms with Gasteiger partial charge in [0.2, 0.25) is 0 Å². The molecule has 0 unspecified atom stereocenters. The largest absolute Gasteiger partial charge is 0.493 e. The van der Waals surface area contributed by atoms with Gasteiger partial charge in [0.15, 0.2) is 11.5 Å². The van der Waals surface area contributed by atoms with E-state index in [2.05, 4.69) is 52.9 Å². The monoisotopic (exact) mass is 573 g/mol. The van der Waals surface area contributed by atoms with Crippen molar-refractivity contribution in [3.63, 3.8) is 0 Å². The number of carbonyl (C=O) groups excluding carboxylic acids is 1. The zero-order chi connectivity index (χ0) is 30.2. The summed E-state index contributed by atoms with van der Waals surface area (Å²) in [6.07, 6.45) is 3.78. The molecule has 1 heterocycles. The third kappa shape index (κ3) is 6.73. The summed E-state index contributed by atoms with van der Waals surface area (Å²) in [5, 5.41) is 4.17.